The molecule has 1 saturated heterocycles. The molecular formula is C16H14FN3O5. The summed E-state index contributed by atoms with van der Waals surface area (Å²) < 4.78 is 18.0. The van der Waals surface area contributed by atoms with Gasteiger partial charge in [0.2, 0.25) is 11.8 Å². The van der Waals surface area contributed by atoms with E-state index in [1.165, 1.54) is 19.1 Å². The molecule has 0 aromatic heterocycles. The summed E-state index contributed by atoms with van der Waals surface area (Å²) in [6.07, 6.45) is 0. The van der Waals surface area contributed by atoms with Gasteiger partial charge < -0.3 is 4.74 Å². The van der Waals surface area contributed by atoms with Crippen molar-refractivity contribution >= 4 is 35.1 Å². The highest BCUT2D eigenvalue weighted by atomic mass is 19.1. The lowest BCUT2D eigenvalue weighted by atomic mass is 9.98. The van der Waals surface area contributed by atoms with Crippen LogP contribution in [0.5, 0.6) is 0 Å². The van der Waals surface area contributed by atoms with Crippen LogP contribution in [0.2, 0.25) is 0 Å². The SMILES string of the molecule is CCOC(=O)C1=NN(C(C)=O)C2C(=O)N(c3ccc(F)cc3)C(=O)C12. The second-order valence-electron chi connectivity index (χ2n) is 5.48. The highest BCUT2D eigenvalue weighted by Crippen LogP contribution is 2.35. The normalized spacial score (nSPS) is 22.1. The number of halogens is 1. The Kier molecular flexibility index (Phi) is 4.07. The topological polar surface area (TPSA) is 96.3 Å². The molecule has 1 fully saturated rings. The largest absolute Gasteiger partial charge is 0.461 e. The maximum Gasteiger partial charge on any atom is 0.355 e. The monoisotopic (exact) mass is 347 g/mol. The molecule has 1 aromatic rings. The van der Waals surface area contributed by atoms with Gasteiger partial charge in [-0.15, -0.1) is 0 Å². The fraction of sp³-hybridized carbons (Fsp3) is 0.312. The standard InChI is InChI=1S/C16H14FN3O5/c1-3-25-16(24)12-11-13(20(18-12)8(2)21)15(23)19(14(11)22)10-6-4-9(17)5-7-10/h4-7,11,13H,3H2,1-2H3. The van der Waals surface area contributed by atoms with Crippen LogP contribution in [0.25, 0.3) is 0 Å². The number of anilines is 1. The number of fused-ring (bicyclic) bond motifs is 1. The first-order valence-corrected chi connectivity index (χ1v) is 7.55. The molecule has 0 saturated carbocycles. The molecule has 0 spiro atoms. The molecule has 9 heteroatoms. The molecule has 25 heavy (non-hydrogen) atoms. The van der Waals surface area contributed by atoms with Gasteiger partial charge in [-0.05, 0) is 31.2 Å². The number of benzene rings is 1. The molecular weight excluding hydrogens is 333 g/mol. The molecule has 2 heterocycles. The Morgan fingerprint density at radius 3 is 2.40 bits per heavy atom. The lowest BCUT2D eigenvalue weighted by Crippen LogP contribution is -2.41. The summed E-state index contributed by atoms with van der Waals surface area (Å²) >= 11 is 0. The fourth-order valence-corrected chi connectivity index (χ4v) is 2.89. The third-order valence-electron chi connectivity index (χ3n) is 3.94. The van der Waals surface area contributed by atoms with Gasteiger partial charge in [-0.2, -0.15) is 5.10 Å². The van der Waals surface area contributed by atoms with Crippen molar-refractivity contribution < 1.29 is 28.3 Å². The van der Waals surface area contributed by atoms with Gasteiger partial charge in [0.15, 0.2) is 11.8 Å². The first-order chi connectivity index (χ1) is 11.9. The first-order valence-electron chi connectivity index (χ1n) is 7.55. The Balaban J connectivity index is 2.03. The lowest BCUT2D eigenvalue weighted by Gasteiger charge is -2.19. The Bertz CT molecular complexity index is 804. The Morgan fingerprint density at radius 1 is 1.20 bits per heavy atom. The molecule has 3 amide bonds. The minimum absolute atomic E-state index is 0.0547. The molecule has 3 rings (SSSR count). The number of hydrogen-bond donors (Lipinski definition) is 0. The number of carbonyl (C=O) groups is 4. The van der Waals surface area contributed by atoms with Gasteiger partial charge in [0.1, 0.15) is 11.7 Å². The van der Waals surface area contributed by atoms with Crippen LogP contribution in [0, 0.1) is 11.7 Å². The zero-order valence-corrected chi connectivity index (χ0v) is 13.4. The van der Waals surface area contributed by atoms with Gasteiger partial charge in [0.25, 0.3) is 5.91 Å². The molecule has 130 valence electrons. The van der Waals surface area contributed by atoms with Crippen molar-refractivity contribution in [1.29, 1.82) is 0 Å². The van der Waals surface area contributed by atoms with E-state index in [1.807, 2.05) is 0 Å². The Labute approximate surface area is 141 Å². The number of ether oxygens (including phenoxy) is 1. The van der Waals surface area contributed by atoms with E-state index in [1.54, 1.807) is 6.92 Å². The highest BCUT2D eigenvalue weighted by molar-refractivity contribution is 6.47. The smallest absolute Gasteiger partial charge is 0.355 e. The molecule has 0 bridgehead atoms. The zero-order valence-electron chi connectivity index (χ0n) is 13.4. The fourth-order valence-electron chi connectivity index (χ4n) is 2.89. The van der Waals surface area contributed by atoms with Gasteiger partial charge in [-0.1, -0.05) is 0 Å². The van der Waals surface area contributed by atoms with E-state index in [-0.39, 0.29) is 18.0 Å². The maximum absolute atomic E-state index is 13.1. The summed E-state index contributed by atoms with van der Waals surface area (Å²) in [6.45, 7) is 2.81. The molecule has 2 aliphatic rings. The van der Waals surface area contributed by atoms with Crippen LogP contribution >= 0.6 is 0 Å². The van der Waals surface area contributed by atoms with Crippen LogP contribution in [0.1, 0.15) is 13.8 Å². The van der Waals surface area contributed by atoms with Crippen LogP contribution < -0.4 is 4.90 Å². The third-order valence-corrected chi connectivity index (χ3v) is 3.94. The van der Waals surface area contributed by atoms with Crippen LogP contribution in [-0.4, -0.2) is 47.1 Å². The summed E-state index contributed by atoms with van der Waals surface area (Å²) in [7, 11) is 0. The van der Waals surface area contributed by atoms with E-state index in [9.17, 15) is 23.6 Å². The molecule has 0 aliphatic carbocycles. The van der Waals surface area contributed by atoms with Gasteiger partial charge in [-0.25, -0.2) is 19.1 Å². The van der Waals surface area contributed by atoms with Gasteiger partial charge in [0.05, 0.1) is 12.3 Å². The average molecular weight is 347 g/mol. The van der Waals surface area contributed by atoms with Crippen molar-refractivity contribution in [2.24, 2.45) is 11.0 Å². The predicted molar refractivity (Wildman–Crippen MR) is 82.8 cm³/mol. The van der Waals surface area contributed by atoms with E-state index in [2.05, 4.69) is 5.10 Å². The average Bonchev–Trinajstić information content (AvgIpc) is 3.07. The predicted octanol–water partition coefficient (Wildman–Crippen LogP) is 0.465. The minimum atomic E-state index is -1.24. The molecule has 2 aliphatic heterocycles. The molecule has 2 atom stereocenters. The second-order valence-corrected chi connectivity index (χ2v) is 5.48. The van der Waals surface area contributed by atoms with Crippen molar-refractivity contribution in [3.63, 3.8) is 0 Å². The molecule has 8 nitrogen and oxygen atoms in total. The quantitative estimate of drug-likeness (QED) is 0.585. The van der Waals surface area contributed by atoms with Crippen molar-refractivity contribution in [2.45, 2.75) is 19.9 Å². The van der Waals surface area contributed by atoms with Gasteiger partial charge in [0, 0.05) is 6.92 Å². The Hall–Kier alpha value is -3.10. The molecule has 1 aromatic carbocycles. The van der Waals surface area contributed by atoms with Crippen molar-refractivity contribution in [3.05, 3.63) is 30.1 Å². The number of hydrogen-bond acceptors (Lipinski definition) is 6. The zero-order chi connectivity index (χ0) is 18.3. The van der Waals surface area contributed by atoms with Crippen LogP contribution in [0.15, 0.2) is 29.4 Å². The van der Waals surface area contributed by atoms with E-state index < -0.39 is 41.5 Å². The first kappa shape index (κ1) is 16.7. The number of hydrazone groups is 1. The summed E-state index contributed by atoms with van der Waals surface area (Å²) in [6, 6.07) is 3.51. The number of amides is 3. The molecule has 2 unspecified atom stereocenters. The van der Waals surface area contributed by atoms with E-state index in [0.717, 1.165) is 22.0 Å². The lowest BCUT2D eigenvalue weighted by molar-refractivity contribution is -0.136. The summed E-state index contributed by atoms with van der Waals surface area (Å²) in [4.78, 5) is 50.2. The Morgan fingerprint density at radius 2 is 1.84 bits per heavy atom. The van der Waals surface area contributed by atoms with Crippen LogP contribution in [0.4, 0.5) is 10.1 Å². The third kappa shape index (κ3) is 2.57. The number of carbonyl (C=O) groups excluding carboxylic acids is 4. The maximum atomic E-state index is 13.1. The number of rotatable bonds is 3. The molecule has 0 N–H and O–H groups in total. The summed E-state index contributed by atoms with van der Waals surface area (Å²) in [5.74, 6) is -4.63. The summed E-state index contributed by atoms with van der Waals surface area (Å²) in [5, 5.41) is 4.65. The van der Waals surface area contributed by atoms with Gasteiger partial charge >= 0.3 is 5.97 Å². The number of nitrogens with zero attached hydrogens (tertiary/aromatic N) is 3. The highest BCUT2D eigenvalue weighted by Gasteiger charge is 2.59. The summed E-state index contributed by atoms with van der Waals surface area (Å²) in [5.41, 5.74) is -0.137. The second kappa shape index (κ2) is 6.08. The van der Waals surface area contributed by atoms with E-state index >= 15 is 0 Å². The number of esters is 1. The van der Waals surface area contributed by atoms with E-state index in [4.69, 9.17) is 4.74 Å². The number of imide groups is 1. The van der Waals surface area contributed by atoms with Gasteiger partial charge in [-0.3, -0.25) is 14.4 Å². The van der Waals surface area contributed by atoms with Crippen molar-refractivity contribution in [2.75, 3.05) is 11.5 Å². The van der Waals surface area contributed by atoms with Crippen molar-refractivity contribution in [3.8, 4) is 0 Å². The molecule has 0 radical (unpaired) electrons. The van der Waals surface area contributed by atoms with Crippen LogP contribution in [-0.2, 0) is 23.9 Å². The van der Waals surface area contributed by atoms with E-state index in [0.29, 0.717) is 0 Å². The van der Waals surface area contributed by atoms with Crippen LogP contribution in [0.3, 0.4) is 0 Å². The van der Waals surface area contributed by atoms with Crippen molar-refractivity contribution in [1.82, 2.24) is 5.01 Å². The minimum Gasteiger partial charge on any atom is -0.461 e.